The first-order valence-electron chi connectivity index (χ1n) is 7.78. The van der Waals surface area contributed by atoms with E-state index in [1.165, 1.54) is 12.1 Å². The van der Waals surface area contributed by atoms with Crippen LogP contribution in [0.1, 0.15) is 12.8 Å². The number of aliphatic hydroxyl groups excluding tert-OH is 1. The van der Waals surface area contributed by atoms with E-state index in [1.807, 2.05) is 0 Å². The Morgan fingerprint density at radius 1 is 1.21 bits per heavy atom. The first-order chi connectivity index (χ1) is 11.6. The van der Waals surface area contributed by atoms with E-state index >= 15 is 0 Å². The summed E-state index contributed by atoms with van der Waals surface area (Å²) in [4.78, 5) is 12.0. The molecule has 126 valence electrons. The highest BCUT2D eigenvalue weighted by Gasteiger charge is 2.42. The number of amides is 2. The van der Waals surface area contributed by atoms with Crippen molar-refractivity contribution in [3.63, 3.8) is 0 Å². The van der Waals surface area contributed by atoms with Crippen LogP contribution in [0.4, 0.5) is 14.9 Å². The number of carbonyl (C=O) groups is 1. The van der Waals surface area contributed by atoms with Crippen LogP contribution in [-0.4, -0.2) is 24.3 Å². The number of benzene rings is 2. The Hall–Kier alpha value is -2.60. The number of urea groups is 1. The molecule has 3 N–H and O–H groups in total. The van der Waals surface area contributed by atoms with Crippen LogP contribution in [0.25, 0.3) is 0 Å². The molecule has 0 unspecified atom stereocenters. The number of halogens is 1. The Balaban J connectivity index is 1.64. The maximum atomic E-state index is 13.3. The number of ether oxygens (including phenoxy) is 1. The van der Waals surface area contributed by atoms with Crippen LogP contribution < -0.4 is 15.4 Å². The van der Waals surface area contributed by atoms with Gasteiger partial charge in [-0.05, 0) is 37.1 Å². The number of anilines is 1. The van der Waals surface area contributed by atoms with E-state index < -0.39 is 5.82 Å². The minimum absolute atomic E-state index is 0.0759. The van der Waals surface area contributed by atoms with Crippen molar-refractivity contribution in [1.29, 1.82) is 0 Å². The van der Waals surface area contributed by atoms with Crippen molar-refractivity contribution in [3.05, 3.63) is 54.3 Å². The zero-order valence-electron chi connectivity index (χ0n) is 13.1. The molecule has 3 rings (SSSR count). The molecular formula is C18H19FN2O3. The van der Waals surface area contributed by atoms with E-state index in [0.29, 0.717) is 23.7 Å². The van der Waals surface area contributed by atoms with E-state index in [4.69, 9.17) is 4.74 Å². The second-order valence-electron chi connectivity index (χ2n) is 6.02. The van der Waals surface area contributed by atoms with E-state index in [1.54, 1.807) is 36.4 Å². The van der Waals surface area contributed by atoms with Crippen LogP contribution in [-0.2, 0) is 0 Å². The van der Waals surface area contributed by atoms with E-state index in [2.05, 4.69) is 10.6 Å². The maximum absolute atomic E-state index is 13.3. The topological polar surface area (TPSA) is 70.6 Å². The molecule has 0 heterocycles. The third-order valence-electron chi connectivity index (χ3n) is 4.08. The van der Waals surface area contributed by atoms with Crippen LogP contribution in [0.5, 0.6) is 11.5 Å². The van der Waals surface area contributed by atoms with Crippen LogP contribution in [0, 0.1) is 11.2 Å². The molecule has 0 saturated heterocycles. The predicted octanol–water partition coefficient (Wildman–Crippen LogP) is 3.51. The van der Waals surface area contributed by atoms with Crippen molar-refractivity contribution in [3.8, 4) is 11.5 Å². The zero-order valence-corrected chi connectivity index (χ0v) is 13.1. The monoisotopic (exact) mass is 330 g/mol. The van der Waals surface area contributed by atoms with Crippen molar-refractivity contribution >= 4 is 11.7 Å². The third kappa shape index (κ3) is 4.02. The average Bonchev–Trinajstić information content (AvgIpc) is 3.36. The molecule has 0 radical (unpaired) electrons. The Kier molecular flexibility index (Phi) is 4.66. The van der Waals surface area contributed by atoms with Gasteiger partial charge in [-0.3, -0.25) is 0 Å². The van der Waals surface area contributed by atoms with Crippen LogP contribution in [0.2, 0.25) is 0 Å². The van der Waals surface area contributed by atoms with Crippen molar-refractivity contribution in [2.75, 3.05) is 18.5 Å². The van der Waals surface area contributed by atoms with Gasteiger partial charge < -0.3 is 20.5 Å². The molecule has 2 aromatic rings. The smallest absolute Gasteiger partial charge is 0.319 e. The van der Waals surface area contributed by atoms with Gasteiger partial charge in [0, 0.05) is 18.0 Å². The maximum Gasteiger partial charge on any atom is 0.319 e. The minimum Gasteiger partial charge on any atom is -0.455 e. The van der Waals surface area contributed by atoms with Gasteiger partial charge in [0.05, 0.1) is 12.3 Å². The fourth-order valence-electron chi connectivity index (χ4n) is 2.32. The number of hydrogen-bond acceptors (Lipinski definition) is 3. The lowest BCUT2D eigenvalue weighted by molar-refractivity contribution is 0.206. The van der Waals surface area contributed by atoms with Crippen LogP contribution in [0.15, 0.2) is 48.5 Å². The molecule has 1 aliphatic rings. The Bertz CT molecular complexity index is 732. The first-order valence-corrected chi connectivity index (χ1v) is 7.78. The van der Waals surface area contributed by atoms with Gasteiger partial charge in [-0.25, -0.2) is 9.18 Å². The second-order valence-corrected chi connectivity index (χ2v) is 6.02. The number of aliphatic hydroxyl groups is 1. The summed E-state index contributed by atoms with van der Waals surface area (Å²) in [6.45, 7) is 0.509. The van der Waals surface area contributed by atoms with Crippen molar-refractivity contribution in [2.24, 2.45) is 5.41 Å². The highest BCUT2D eigenvalue weighted by atomic mass is 19.1. The molecule has 24 heavy (non-hydrogen) atoms. The molecule has 0 aliphatic heterocycles. The van der Waals surface area contributed by atoms with E-state index in [0.717, 1.165) is 12.8 Å². The van der Waals surface area contributed by atoms with Crippen molar-refractivity contribution in [1.82, 2.24) is 5.32 Å². The standard InChI is InChI=1S/C18H19FN2O3/c19-13-4-3-5-14(10-13)24-16-7-2-1-6-15(16)21-17(23)20-11-18(12-22)8-9-18/h1-7,10,22H,8-9,11-12H2,(H2,20,21,23). The fourth-order valence-corrected chi connectivity index (χ4v) is 2.32. The van der Waals surface area contributed by atoms with Gasteiger partial charge in [0.15, 0.2) is 5.75 Å². The molecule has 2 amide bonds. The summed E-state index contributed by atoms with van der Waals surface area (Å²) in [6, 6.07) is 12.4. The molecule has 0 atom stereocenters. The van der Waals surface area contributed by atoms with E-state index in [9.17, 15) is 14.3 Å². The summed E-state index contributed by atoms with van der Waals surface area (Å²) < 4.78 is 18.9. The van der Waals surface area contributed by atoms with Gasteiger partial charge in [-0.15, -0.1) is 0 Å². The molecule has 0 spiro atoms. The molecule has 0 bridgehead atoms. The molecule has 2 aromatic carbocycles. The number of hydrogen-bond donors (Lipinski definition) is 3. The van der Waals surface area contributed by atoms with Gasteiger partial charge in [-0.2, -0.15) is 0 Å². The summed E-state index contributed by atoms with van der Waals surface area (Å²) in [6.07, 6.45) is 1.84. The minimum atomic E-state index is -0.394. The lowest BCUT2D eigenvalue weighted by Gasteiger charge is -2.15. The Morgan fingerprint density at radius 3 is 2.71 bits per heavy atom. The van der Waals surface area contributed by atoms with Gasteiger partial charge in [-0.1, -0.05) is 18.2 Å². The normalized spacial score (nSPS) is 14.8. The van der Waals surface area contributed by atoms with Gasteiger partial charge in [0.25, 0.3) is 0 Å². The van der Waals surface area contributed by atoms with Gasteiger partial charge in [0.1, 0.15) is 11.6 Å². The number of para-hydroxylation sites is 2. The van der Waals surface area contributed by atoms with Crippen molar-refractivity contribution in [2.45, 2.75) is 12.8 Å². The second kappa shape index (κ2) is 6.88. The quantitative estimate of drug-likeness (QED) is 0.759. The number of rotatable bonds is 6. The van der Waals surface area contributed by atoms with Crippen LogP contribution >= 0.6 is 0 Å². The Labute approximate surface area is 139 Å². The lowest BCUT2D eigenvalue weighted by Crippen LogP contribution is -2.35. The number of nitrogens with one attached hydrogen (secondary N) is 2. The summed E-state index contributed by atoms with van der Waals surface area (Å²) >= 11 is 0. The molecule has 6 heteroatoms. The summed E-state index contributed by atoms with van der Waals surface area (Å²) in [7, 11) is 0. The van der Waals surface area contributed by atoms with Crippen LogP contribution in [0.3, 0.4) is 0 Å². The highest BCUT2D eigenvalue weighted by molar-refractivity contribution is 5.91. The summed E-state index contributed by atoms with van der Waals surface area (Å²) in [5.41, 5.74) is 0.322. The summed E-state index contributed by atoms with van der Waals surface area (Å²) in [5.74, 6) is 0.373. The molecular weight excluding hydrogens is 311 g/mol. The van der Waals surface area contributed by atoms with Gasteiger partial charge >= 0.3 is 6.03 Å². The predicted molar refractivity (Wildman–Crippen MR) is 88.7 cm³/mol. The molecule has 1 aliphatic carbocycles. The molecule has 1 saturated carbocycles. The largest absolute Gasteiger partial charge is 0.455 e. The Morgan fingerprint density at radius 2 is 2.00 bits per heavy atom. The first kappa shape index (κ1) is 16.3. The SMILES string of the molecule is O=C(NCC1(CO)CC1)Nc1ccccc1Oc1cccc(F)c1. The van der Waals surface area contributed by atoms with E-state index in [-0.39, 0.29) is 18.1 Å². The zero-order chi connectivity index (χ0) is 17.0. The van der Waals surface area contributed by atoms with Gasteiger partial charge in [0.2, 0.25) is 0 Å². The fraction of sp³-hybridized carbons (Fsp3) is 0.278. The molecule has 5 nitrogen and oxygen atoms in total. The van der Waals surface area contributed by atoms with Crippen molar-refractivity contribution < 1.29 is 19.0 Å². The molecule has 0 aromatic heterocycles. The lowest BCUT2D eigenvalue weighted by atomic mass is 10.1. The molecule has 1 fully saturated rings. The average molecular weight is 330 g/mol. The number of carbonyl (C=O) groups excluding carboxylic acids is 1. The highest BCUT2D eigenvalue weighted by Crippen LogP contribution is 2.44. The summed E-state index contributed by atoms with van der Waals surface area (Å²) in [5, 5.41) is 14.7. The third-order valence-corrected chi connectivity index (χ3v) is 4.08.